The molecule has 0 atom stereocenters. The lowest BCUT2D eigenvalue weighted by Crippen LogP contribution is -2.50. The summed E-state index contributed by atoms with van der Waals surface area (Å²) < 4.78 is 15.4. The summed E-state index contributed by atoms with van der Waals surface area (Å²) in [6, 6.07) is 6.23. The first-order valence-corrected chi connectivity index (χ1v) is 13.1. The maximum absolute atomic E-state index is 13.0. The molecule has 7 nitrogen and oxygen atoms in total. The van der Waals surface area contributed by atoms with Crippen molar-refractivity contribution in [2.24, 2.45) is 0 Å². The van der Waals surface area contributed by atoms with Crippen molar-refractivity contribution >= 4 is 29.3 Å². The zero-order valence-electron chi connectivity index (χ0n) is 20.1. The molecular weight excluding hydrogens is 453 g/mol. The predicted molar refractivity (Wildman–Crippen MR) is 133 cm³/mol. The summed E-state index contributed by atoms with van der Waals surface area (Å²) >= 11 is 1.55. The summed E-state index contributed by atoms with van der Waals surface area (Å²) in [5, 5.41) is 3.75. The third-order valence-electron chi connectivity index (χ3n) is 6.84. The van der Waals surface area contributed by atoms with E-state index < -0.39 is 0 Å². The van der Waals surface area contributed by atoms with Crippen molar-refractivity contribution in [3.8, 4) is 0 Å². The molecule has 1 aliphatic carbocycles. The molecular formula is C25H34FN5O2S. The molecule has 2 aliphatic rings. The third-order valence-corrected chi connectivity index (χ3v) is 7.78. The van der Waals surface area contributed by atoms with E-state index in [1.165, 1.54) is 49.9 Å². The number of carbonyl (C=O) groups excluding carboxylic acids is 2. The fourth-order valence-electron chi connectivity index (χ4n) is 4.78. The Morgan fingerprint density at radius 3 is 2.41 bits per heavy atom. The van der Waals surface area contributed by atoms with Gasteiger partial charge in [-0.1, -0.05) is 31.0 Å². The van der Waals surface area contributed by atoms with Crippen LogP contribution in [0, 0.1) is 19.7 Å². The monoisotopic (exact) mass is 487 g/mol. The highest BCUT2D eigenvalue weighted by atomic mass is 32.2. The topological polar surface area (TPSA) is 70.5 Å². The van der Waals surface area contributed by atoms with Crippen LogP contribution < -0.4 is 5.32 Å². The van der Waals surface area contributed by atoms with E-state index in [1.807, 2.05) is 16.7 Å². The van der Waals surface area contributed by atoms with E-state index in [-0.39, 0.29) is 24.2 Å². The molecule has 4 rings (SSSR count). The minimum absolute atomic E-state index is 0.119. The Balaban J connectivity index is 1.24. The molecule has 2 aromatic rings. The number of hydrogen-bond donors (Lipinski definition) is 1. The molecule has 0 unspecified atom stereocenters. The Kier molecular flexibility index (Phi) is 8.26. The number of amides is 2. The molecule has 0 spiro atoms. The highest BCUT2D eigenvalue weighted by Crippen LogP contribution is 2.34. The van der Waals surface area contributed by atoms with Gasteiger partial charge in [0.25, 0.3) is 0 Å². The molecule has 2 heterocycles. The maximum Gasteiger partial charge on any atom is 0.238 e. The molecule has 2 fully saturated rings. The van der Waals surface area contributed by atoms with Crippen molar-refractivity contribution in [3.05, 3.63) is 41.5 Å². The number of anilines is 1. The Bertz CT molecular complexity index is 995. The van der Waals surface area contributed by atoms with Crippen LogP contribution in [0.4, 0.5) is 10.1 Å². The number of benzene rings is 1. The second-order valence-electron chi connectivity index (χ2n) is 9.23. The summed E-state index contributed by atoms with van der Waals surface area (Å²) in [4.78, 5) is 33.9. The molecule has 1 saturated heterocycles. The Hall–Kier alpha value is -2.39. The van der Waals surface area contributed by atoms with Crippen LogP contribution in [-0.2, 0) is 9.59 Å². The Morgan fingerprint density at radius 2 is 1.74 bits per heavy atom. The number of aryl methyl sites for hydroxylation is 1. The van der Waals surface area contributed by atoms with Crippen LogP contribution in [0.3, 0.4) is 0 Å². The minimum Gasteiger partial charge on any atom is -0.339 e. The smallest absolute Gasteiger partial charge is 0.238 e. The third kappa shape index (κ3) is 6.18. The molecule has 184 valence electrons. The molecule has 34 heavy (non-hydrogen) atoms. The zero-order chi connectivity index (χ0) is 24.1. The number of halogens is 1. The van der Waals surface area contributed by atoms with E-state index in [1.54, 1.807) is 23.9 Å². The zero-order valence-corrected chi connectivity index (χ0v) is 20.9. The highest BCUT2D eigenvalue weighted by Gasteiger charge is 2.25. The van der Waals surface area contributed by atoms with Crippen molar-refractivity contribution in [1.29, 1.82) is 0 Å². The summed E-state index contributed by atoms with van der Waals surface area (Å²) in [5.74, 6) is 0.0320. The Labute approximate surface area is 205 Å². The summed E-state index contributed by atoms with van der Waals surface area (Å²) in [6.45, 7) is 6.97. The van der Waals surface area contributed by atoms with Crippen molar-refractivity contribution < 1.29 is 14.0 Å². The Morgan fingerprint density at radius 1 is 1.06 bits per heavy atom. The average Bonchev–Trinajstić information content (AvgIpc) is 3.13. The van der Waals surface area contributed by atoms with E-state index in [0.717, 1.165) is 10.9 Å². The van der Waals surface area contributed by atoms with Crippen molar-refractivity contribution in [2.75, 3.05) is 43.8 Å². The van der Waals surface area contributed by atoms with E-state index in [0.29, 0.717) is 43.7 Å². The van der Waals surface area contributed by atoms with Gasteiger partial charge in [-0.25, -0.2) is 9.37 Å². The van der Waals surface area contributed by atoms with Crippen molar-refractivity contribution in [2.45, 2.75) is 57.1 Å². The molecule has 0 radical (unpaired) electrons. The average molecular weight is 488 g/mol. The van der Waals surface area contributed by atoms with Crippen LogP contribution in [0.25, 0.3) is 0 Å². The summed E-state index contributed by atoms with van der Waals surface area (Å²) in [6.07, 6.45) is 6.21. The molecule has 1 aromatic carbocycles. The lowest BCUT2D eigenvalue weighted by atomic mass is 9.95. The van der Waals surface area contributed by atoms with Gasteiger partial charge >= 0.3 is 0 Å². The van der Waals surface area contributed by atoms with E-state index in [9.17, 15) is 14.0 Å². The minimum atomic E-state index is -0.333. The van der Waals surface area contributed by atoms with Gasteiger partial charge in [0.15, 0.2) is 5.16 Å². The van der Waals surface area contributed by atoms with Gasteiger partial charge in [0.05, 0.1) is 18.0 Å². The molecule has 9 heteroatoms. The largest absolute Gasteiger partial charge is 0.339 e. The molecule has 1 saturated carbocycles. The molecule has 1 N–H and O–H groups in total. The molecule has 0 bridgehead atoms. The van der Waals surface area contributed by atoms with Gasteiger partial charge in [-0.2, -0.15) is 0 Å². The van der Waals surface area contributed by atoms with Gasteiger partial charge in [-0.15, -0.1) is 0 Å². The van der Waals surface area contributed by atoms with Crippen LogP contribution in [0.5, 0.6) is 0 Å². The first-order chi connectivity index (χ1) is 16.4. The number of carbonyl (C=O) groups is 2. The number of thioether (sulfide) groups is 1. The number of imidazole rings is 1. The van der Waals surface area contributed by atoms with Crippen LogP contribution in [0.1, 0.15) is 49.5 Å². The van der Waals surface area contributed by atoms with Gasteiger partial charge < -0.3 is 14.8 Å². The van der Waals surface area contributed by atoms with Crippen molar-refractivity contribution in [3.63, 3.8) is 0 Å². The standard InChI is InChI=1S/C25H34FN5O2S/c1-18-19(2)31(22-6-4-3-5-7-22)25(27-18)34-17-24(33)30-14-12-29(13-15-30)16-23(32)28-21-10-8-20(26)9-11-21/h8-11,22H,3-7,12-17H2,1-2H3,(H,28,32). The predicted octanol–water partition coefficient (Wildman–Crippen LogP) is 4.02. The van der Waals surface area contributed by atoms with Crippen LogP contribution in [0.2, 0.25) is 0 Å². The lowest BCUT2D eigenvalue weighted by Gasteiger charge is -2.34. The molecule has 1 aromatic heterocycles. The number of aromatic nitrogens is 2. The fourth-order valence-corrected chi connectivity index (χ4v) is 5.84. The van der Waals surface area contributed by atoms with Gasteiger partial charge in [0.2, 0.25) is 11.8 Å². The first kappa shape index (κ1) is 24.7. The van der Waals surface area contributed by atoms with Gasteiger partial charge in [0.1, 0.15) is 5.82 Å². The quantitative estimate of drug-likeness (QED) is 0.598. The number of hydrogen-bond acceptors (Lipinski definition) is 5. The van der Waals surface area contributed by atoms with Gasteiger partial charge in [0, 0.05) is 43.6 Å². The number of nitrogens with one attached hydrogen (secondary N) is 1. The number of rotatable bonds is 7. The highest BCUT2D eigenvalue weighted by molar-refractivity contribution is 7.99. The van der Waals surface area contributed by atoms with E-state index in [2.05, 4.69) is 16.8 Å². The lowest BCUT2D eigenvalue weighted by molar-refractivity contribution is -0.130. The van der Waals surface area contributed by atoms with E-state index >= 15 is 0 Å². The van der Waals surface area contributed by atoms with Crippen molar-refractivity contribution in [1.82, 2.24) is 19.4 Å². The first-order valence-electron chi connectivity index (χ1n) is 12.1. The maximum atomic E-state index is 13.0. The second kappa shape index (κ2) is 11.4. The fraction of sp³-hybridized carbons (Fsp3) is 0.560. The molecule has 1 aliphatic heterocycles. The van der Waals surface area contributed by atoms with Crippen LogP contribution >= 0.6 is 11.8 Å². The normalized spacial score (nSPS) is 17.7. The van der Waals surface area contributed by atoms with Gasteiger partial charge in [-0.05, 0) is 51.0 Å². The number of nitrogens with zero attached hydrogens (tertiary/aromatic N) is 4. The summed E-state index contributed by atoms with van der Waals surface area (Å²) in [7, 11) is 0. The molecule has 2 amide bonds. The van der Waals surface area contributed by atoms with Crippen LogP contribution in [-0.4, -0.2) is 69.6 Å². The SMILES string of the molecule is Cc1nc(SCC(=O)N2CCN(CC(=O)Nc3ccc(F)cc3)CC2)n(C2CCCCC2)c1C. The van der Waals surface area contributed by atoms with E-state index in [4.69, 9.17) is 4.98 Å². The van der Waals surface area contributed by atoms with Gasteiger partial charge in [-0.3, -0.25) is 14.5 Å². The second-order valence-corrected chi connectivity index (χ2v) is 10.2. The summed E-state index contributed by atoms with van der Waals surface area (Å²) in [5.41, 5.74) is 2.84. The number of piperazine rings is 1. The van der Waals surface area contributed by atoms with Crippen LogP contribution in [0.15, 0.2) is 29.4 Å².